The number of rotatable bonds is 8. The molecule has 27 heavy (non-hydrogen) atoms. The van der Waals surface area contributed by atoms with Gasteiger partial charge in [-0.3, -0.25) is 9.79 Å². The summed E-state index contributed by atoms with van der Waals surface area (Å²) in [7, 11) is 3.23. The molecule has 0 heterocycles. The Balaban J connectivity index is 1.64. The molecule has 142 valence electrons. The molecule has 1 saturated carbocycles. The second kappa shape index (κ2) is 9.04. The molecule has 0 saturated heterocycles. The van der Waals surface area contributed by atoms with Crippen molar-refractivity contribution in [2.24, 2.45) is 4.99 Å². The number of hydrogen-bond donors (Lipinski definition) is 1. The number of hydrogen-bond acceptors (Lipinski definition) is 4. The van der Waals surface area contributed by atoms with Crippen LogP contribution in [-0.4, -0.2) is 38.4 Å². The van der Waals surface area contributed by atoms with Crippen molar-refractivity contribution < 1.29 is 14.3 Å². The zero-order valence-corrected chi connectivity index (χ0v) is 17.1. The van der Waals surface area contributed by atoms with E-state index in [2.05, 4.69) is 26.2 Å². The van der Waals surface area contributed by atoms with Gasteiger partial charge >= 0.3 is 0 Å². The third kappa shape index (κ3) is 5.32. The highest BCUT2D eigenvalue weighted by Crippen LogP contribution is 2.27. The predicted molar refractivity (Wildman–Crippen MR) is 110 cm³/mol. The van der Waals surface area contributed by atoms with E-state index in [1.165, 1.54) is 0 Å². The maximum absolute atomic E-state index is 12.7. The number of aliphatic imine (C=N–C) groups is 1. The summed E-state index contributed by atoms with van der Waals surface area (Å²) in [5.41, 5.74) is 2.42. The Morgan fingerprint density at radius 3 is 2.44 bits per heavy atom. The first-order chi connectivity index (χ1) is 13.1. The fourth-order valence-corrected chi connectivity index (χ4v) is 2.96. The normalized spacial score (nSPS) is 14.0. The lowest BCUT2D eigenvalue weighted by Gasteiger charge is -2.11. The second-order valence-electron chi connectivity index (χ2n) is 6.41. The summed E-state index contributed by atoms with van der Waals surface area (Å²) in [4.78, 5) is 17.3. The Morgan fingerprint density at radius 1 is 1.11 bits per heavy atom. The monoisotopic (exact) mass is 430 g/mol. The van der Waals surface area contributed by atoms with Gasteiger partial charge in [0.05, 0.1) is 20.3 Å². The van der Waals surface area contributed by atoms with E-state index in [1.54, 1.807) is 14.2 Å². The molecule has 0 bridgehead atoms. The number of carbonyl (C=O) groups is 1. The van der Waals surface area contributed by atoms with Gasteiger partial charge in [0.2, 0.25) is 0 Å². The SMILES string of the molecule is COc1ccc(CCNC(=O)C(=NC2CC2)c2ccc(Br)cc2)cc1OC. The Hall–Kier alpha value is -2.34. The van der Waals surface area contributed by atoms with E-state index in [1.807, 2.05) is 42.5 Å². The van der Waals surface area contributed by atoms with Gasteiger partial charge in [0.1, 0.15) is 5.71 Å². The number of amides is 1. The van der Waals surface area contributed by atoms with Crippen molar-refractivity contribution in [2.45, 2.75) is 25.3 Å². The highest BCUT2D eigenvalue weighted by Gasteiger charge is 2.24. The summed E-state index contributed by atoms with van der Waals surface area (Å²) in [5, 5.41) is 2.99. The maximum Gasteiger partial charge on any atom is 0.270 e. The van der Waals surface area contributed by atoms with Crippen LogP contribution in [0.3, 0.4) is 0 Å². The zero-order valence-electron chi connectivity index (χ0n) is 15.5. The van der Waals surface area contributed by atoms with E-state index >= 15 is 0 Å². The molecule has 1 N–H and O–H groups in total. The minimum absolute atomic E-state index is 0.135. The number of ether oxygens (including phenoxy) is 2. The molecule has 1 fully saturated rings. The minimum atomic E-state index is -0.135. The van der Waals surface area contributed by atoms with Crippen LogP contribution < -0.4 is 14.8 Å². The molecule has 5 nitrogen and oxygen atoms in total. The number of methoxy groups -OCH3 is 2. The first kappa shape index (κ1) is 19.4. The first-order valence-corrected chi connectivity index (χ1v) is 9.73. The van der Waals surface area contributed by atoms with Crippen molar-refractivity contribution in [1.82, 2.24) is 5.32 Å². The van der Waals surface area contributed by atoms with Gasteiger partial charge in [-0.25, -0.2) is 0 Å². The van der Waals surface area contributed by atoms with Crippen LogP contribution in [-0.2, 0) is 11.2 Å². The molecule has 0 aliphatic heterocycles. The Bertz CT molecular complexity index is 830. The summed E-state index contributed by atoms with van der Waals surface area (Å²) >= 11 is 3.42. The van der Waals surface area contributed by atoms with Gasteiger partial charge in [-0.15, -0.1) is 0 Å². The largest absolute Gasteiger partial charge is 0.493 e. The van der Waals surface area contributed by atoms with Gasteiger partial charge < -0.3 is 14.8 Å². The van der Waals surface area contributed by atoms with Crippen molar-refractivity contribution in [2.75, 3.05) is 20.8 Å². The molecule has 0 aromatic heterocycles. The molecule has 1 amide bonds. The lowest BCUT2D eigenvalue weighted by molar-refractivity contribution is -0.114. The quantitative estimate of drug-likeness (QED) is 0.648. The number of nitrogens with zero attached hydrogens (tertiary/aromatic N) is 1. The van der Waals surface area contributed by atoms with E-state index in [0.717, 1.165) is 28.4 Å². The summed E-state index contributed by atoms with van der Waals surface area (Å²) in [6.45, 7) is 0.522. The molecule has 0 unspecified atom stereocenters. The summed E-state index contributed by atoms with van der Waals surface area (Å²) in [6.07, 6.45) is 2.81. The molecule has 6 heteroatoms. The van der Waals surface area contributed by atoms with E-state index in [9.17, 15) is 4.79 Å². The summed E-state index contributed by atoms with van der Waals surface area (Å²) in [5.74, 6) is 1.25. The van der Waals surface area contributed by atoms with E-state index in [4.69, 9.17) is 9.47 Å². The second-order valence-corrected chi connectivity index (χ2v) is 7.33. The minimum Gasteiger partial charge on any atom is -0.493 e. The number of carbonyl (C=O) groups excluding carboxylic acids is 1. The topological polar surface area (TPSA) is 59.9 Å². The highest BCUT2D eigenvalue weighted by atomic mass is 79.9. The van der Waals surface area contributed by atoms with Gasteiger partial charge in [0, 0.05) is 16.6 Å². The summed E-state index contributed by atoms with van der Waals surface area (Å²) < 4.78 is 11.6. The van der Waals surface area contributed by atoms with Gasteiger partial charge in [-0.2, -0.15) is 0 Å². The predicted octanol–water partition coefficient (Wildman–Crippen LogP) is 3.78. The molecule has 1 aliphatic rings. The van der Waals surface area contributed by atoms with Crippen molar-refractivity contribution in [3.8, 4) is 11.5 Å². The van der Waals surface area contributed by atoms with Crippen LogP contribution in [0.2, 0.25) is 0 Å². The van der Waals surface area contributed by atoms with Crippen molar-refractivity contribution in [1.29, 1.82) is 0 Å². The molecule has 2 aromatic rings. The van der Waals surface area contributed by atoms with Gasteiger partial charge in [0.15, 0.2) is 11.5 Å². The average molecular weight is 431 g/mol. The number of nitrogens with one attached hydrogen (secondary N) is 1. The van der Waals surface area contributed by atoms with E-state index in [-0.39, 0.29) is 11.9 Å². The highest BCUT2D eigenvalue weighted by molar-refractivity contribution is 9.10. The molecule has 0 atom stereocenters. The standard InChI is InChI=1S/C21H23BrN2O3/c1-26-18-10-3-14(13-19(18)27-2)11-12-23-21(25)20(24-17-8-9-17)15-4-6-16(22)7-5-15/h3-7,10,13,17H,8-9,11-12H2,1-2H3,(H,23,25). The van der Waals surface area contributed by atoms with Crippen LogP contribution in [0.4, 0.5) is 0 Å². The van der Waals surface area contributed by atoms with Crippen LogP contribution in [0.25, 0.3) is 0 Å². The number of halogens is 1. The Labute approximate surface area is 167 Å². The third-order valence-electron chi connectivity index (χ3n) is 4.34. The summed E-state index contributed by atoms with van der Waals surface area (Å²) in [6, 6.07) is 13.7. The van der Waals surface area contributed by atoms with Crippen molar-refractivity contribution in [3.63, 3.8) is 0 Å². The van der Waals surface area contributed by atoms with E-state index < -0.39 is 0 Å². The Morgan fingerprint density at radius 2 is 1.81 bits per heavy atom. The lowest BCUT2D eigenvalue weighted by Crippen LogP contribution is -2.33. The van der Waals surface area contributed by atoms with Crippen LogP contribution in [0.5, 0.6) is 11.5 Å². The molecule has 2 aromatic carbocycles. The van der Waals surface area contributed by atoms with Crippen LogP contribution in [0.15, 0.2) is 51.9 Å². The van der Waals surface area contributed by atoms with Crippen molar-refractivity contribution >= 4 is 27.5 Å². The molecule has 3 rings (SSSR count). The van der Waals surface area contributed by atoms with Crippen molar-refractivity contribution in [3.05, 3.63) is 58.1 Å². The smallest absolute Gasteiger partial charge is 0.270 e. The fourth-order valence-electron chi connectivity index (χ4n) is 2.70. The van der Waals surface area contributed by atoms with Gasteiger partial charge in [-0.1, -0.05) is 34.1 Å². The van der Waals surface area contributed by atoms with Gasteiger partial charge in [0.25, 0.3) is 5.91 Å². The third-order valence-corrected chi connectivity index (χ3v) is 4.87. The Kier molecular flexibility index (Phi) is 6.50. The van der Waals surface area contributed by atoms with Gasteiger partial charge in [-0.05, 0) is 49.1 Å². The maximum atomic E-state index is 12.7. The zero-order chi connectivity index (χ0) is 19.2. The fraction of sp³-hybridized carbons (Fsp3) is 0.333. The van der Waals surface area contributed by atoms with E-state index in [0.29, 0.717) is 30.2 Å². The molecular weight excluding hydrogens is 408 g/mol. The molecule has 1 aliphatic carbocycles. The molecular formula is C21H23BrN2O3. The van der Waals surface area contributed by atoms with Crippen LogP contribution in [0, 0.1) is 0 Å². The molecule has 0 radical (unpaired) electrons. The number of benzene rings is 2. The molecule has 0 spiro atoms. The average Bonchev–Trinajstić information content (AvgIpc) is 3.51. The first-order valence-electron chi connectivity index (χ1n) is 8.93. The lowest BCUT2D eigenvalue weighted by atomic mass is 10.1. The van der Waals surface area contributed by atoms with Crippen LogP contribution in [0.1, 0.15) is 24.0 Å². The van der Waals surface area contributed by atoms with Crippen LogP contribution >= 0.6 is 15.9 Å².